The van der Waals surface area contributed by atoms with Gasteiger partial charge in [-0.25, -0.2) is 4.98 Å². The van der Waals surface area contributed by atoms with E-state index in [0.717, 1.165) is 28.1 Å². The molecule has 0 unspecified atom stereocenters. The van der Waals surface area contributed by atoms with Gasteiger partial charge < -0.3 is 4.74 Å². The predicted molar refractivity (Wildman–Crippen MR) is 111 cm³/mol. The summed E-state index contributed by atoms with van der Waals surface area (Å²) in [6, 6.07) is 22.9. The van der Waals surface area contributed by atoms with Crippen LogP contribution in [0.2, 0.25) is 5.28 Å². The zero-order chi connectivity index (χ0) is 20.2. The zero-order valence-electron chi connectivity index (χ0n) is 15.0. The van der Waals surface area contributed by atoms with Gasteiger partial charge in [-0.2, -0.15) is 14.6 Å². The summed E-state index contributed by atoms with van der Waals surface area (Å²) in [6.07, 6.45) is 2.71. The molecule has 0 spiro atoms. The molecule has 0 amide bonds. The Morgan fingerprint density at radius 1 is 1.07 bits per heavy atom. The van der Waals surface area contributed by atoms with Crippen LogP contribution < -0.4 is 4.74 Å². The van der Waals surface area contributed by atoms with E-state index in [1.54, 1.807) is 24.3 Å². The third-order valence-electron chi connectivity index (χ3n) is 4.27. The van der Waals surface area contributed by atoms with Gasteiger partial charge in [-0.05, 0) is 46.1 Å². The highest BCUT2D eigenvalue weighted by atomic mass is 35.5. The first-order chi connectivity index (χ1) is 14.1. The van der Waals surface area contributed by atoms with Gasteiger partial charge in [0.2, 0.25) is 11.1 Å². The first-order valence-electron chi connectivity index (χ1n) is 8.70. The number of nitrogens with zero attached hydrogens (tertiary/aromatic N) is 3. The van der Waals surface area contributed by atoms with Crippen LogP contribution in [0.25, 0.3) is 22.4 Å². The second-order valence-corrected chi connectivity index (χ2v) is 6.50. The largest absolute Gasteiger partial charge is 0.436 e. The van der Waals surface area contributed by atoms with Crippen molar-refractivity contribution in [3.05, 3.63) is 95.2 Å². The molecule has 0 N–H and O–H groups in total. The van der Waals surface area contributed by atoms with E-state index in [4.69, 9.17) is 16.3 Å². The average Bonchev–Trinajstić information content (AvgIpc) is 2.74. The Morgan fingerprint density at radius 2 is 1.86 bits per heavy atom. The quantitative estimate of drug-likeness (QED) is 0.229. The molecular weight excluding hydrogens is 389 g/mol. The molecular formula is C23H13ClFN3O. The van der Waals surface area contributed by atoms with Crippen LogP contribution in [-0.2, 0) is 0 Å². The number of ether oxygens (including phenoxy) is 1. The lowest BCUT2D eigenvalue weighted by atomic mass is 9.97. The number of aromatic nitrogens is 2. The van der Waals surface area contributed by atoms with Crippen molar-refractivity contribution in [2.24, 2.45) is 0 Å². The van der Waals surface area contributed by atoms with Crippen molar-refractivity contribution < 1.29 is 9.13 Å². The van der Waals surface area contributed by atoms with Crippen molar-refractivity contribution in [1.29, 1.82) is 5.26 Å². The minimum absolute atomic E-state index is 0.111. The molecule has 29 heavy (non-hydrogen) atoms. The fourth-order valence-electron chi connectivity index (χ4n) is 2.98. The van der Waals surface area contributed by atoms with Gasteiger partial charge in [0.05, 0.1) is 17.8 Å². The molecule has 0 fully saturated rings. The van der Waals surface area contributed by atoms with Crippen LogP contribution in [0.15, 0.2) is 72.9 Å². The van der Waals surface area contributed by atoms with Crippen molar-refractivity contribution in [1.82, 2.24) is 9.97 Å². The van der Waals surface area contributed by atoms with E-state index in [2.05, 4.69) is 16.0 Å². The Balaban J connectivity index is 1.71. The van der Waals surface area contributed by atoms with Gasteiger partial charge in [-0.15, -0.1) is 0 Å². The molecule has 1 aromatic heterocycles. The van der Waals surface area contributed by atoms with Crippen molar-refractivity contribution in [3.63, 3.8) is 0 Å². The number of benzene rings is 3. The summed E-state index contributed by atoms with van der Waals surface area (Å²) in [6.45, 7) is 0. The Hall–Kier alpha value is -3.75. The molecule has 0 radical (unpaired) electrons. The predicted octanol–water partition coefficient (Wildman–Crippen LogP) is 6.28. The second kappa shape index (κ2) is 8.09. The summed E-state index contributed by atoms with van der Waals surface area (Å²) in [4.78, 5) is 7.31. The first kappa shape index (κ1) is 18.6. The van der Waals surface area contributed by atoms with E-state index in [1.165, 1.54) is 0 Å². The summed E-state index contributed by atoms with van der Waals surface area (Å²) < 4.78 is 19.3. The minimum Gasteiger partial charge on any atom is -0.436 e. The molecule has 140 valence electrons. The smallest absolute Gasteiger partial charge is 0.260 e. The molecule has 3 aromatic carbocycles. The molecule has 0 aliphatic carbocycles. The number of halogens is 2. The number of hydrogen-bond acceptors (Lipinski definition) is 4. The Morgan fingerprint density at radius 3 is 2.72 bits per heavy atom. The topological polar surface area (TPSA) is 58.8 Å². The van der Waals surface area contributed by atoms with E-state index in [9.17, 15) is 9.65 Å². The van der Waals surface area contributed by atoms with Gasteiger partial charge in [0.15, 0.2) is 0 Å². The molecule has 0 atom stereocenters. The molecule has 0 bridgehead atoms. The third kappa shape index (κ3) is 4.08. The molecule has 4 rings (SSSR count). The summed E-state index contributed by atoms with van der Waals surface area (Å²) in [5, 5.41) is 11.7. The minimum atomic E-state index is -0.719. The van der Waals surface area contributed by atoms with Crippen molar-refractivity contribution in [3.8, 4) is 17.7 Å². The van der Waals surface area contributed by atoms with Gasteiger partial charge in [0.25, 0.3) is 5.88 Å². The van der Waals surface area contributed by atoms with Crippen LogP contribution >= 0.6 is 11.6 Å². The van der Waals surface area contributed by atoms with Crippen LogP contribution in [0.4, 0.5) is 4.39 Å². The fraction of sp³-hybridized carbons (Fsp3) is 0. The highest BCUT2D eigenvalue weighted by molar-refractivity contribution is 6.28. The maximum absolute atomic E-state index is 13.8. The molecule has 4 aromatic rings. The highest BCUT2D eigenvalue weighted by Gasteiger charge is 2.10. The van der Waals surface area contributed by atoms with Gasteiger partial charge in [-0.1, -0.05) is 54.6 Å². The van der Waals surface area contributed by atoms with E-state index in [-0.39, 0.29) is 11.2 Å². The van der Waals surface area contributed by atoms with Crippen LogP contribution in [-0.4, -0.2) is 9.97 Å². The van der Waals surface area contributed by atoms with Crippen molar-refractivity contribution in [2.45, 2.75) is 0 Å². The van der Waals surface area contributed by atoms with Crippen LogP contribution in [0.5, 0.6) is 11.6 Å². The number of fused-ring (bicyclic) bond motifs is 1. The van der Waals surface area contributed by atoms with Gasteiger partial charge in [0.1, 0.15) is 5.75 Å². The van der Waals surface area contributed by atoms with Crippen molar-refractivity contribution >= 4 is 34.0 Å². The molecule has 0 aliphatic rings. The second-order valence-electron chi connectivity index (χ2n) is 6.16. The number of rotatable bonds is 4. The van der Waals surface area contributed by atoms with Crippen LogP contribution in [0.3, 0.4) is 0 Å². The fourth-order valence-corrected chi connectivity index (χ4v) is 3.10. The summed E-state index contributed by atoms with van der Waals surface area (Å²) in [5.74, 6) is -0.618. The maximum Gasteiger partial charge on any atom is 0.260 e. The van der Waals surface area contributed by atoms with E-state index in [1.807, 2.05) is 48.5 Å². The van der Waals surface area contributed by atoms with E-state index < -0.39 is 5.82 Å². The molecule has 0 aliphatic heterocycles. The summed E-state index contributed by atoms with van der Waals surface area (Å²) in [7, 11) is 0. The van der Waals surface area contributed by atoms with E-state index in [0.29, 0.717) is 11.3 Å². The number of nitriles is 1. The standard InChI is InChI=1S/C23H13ClFN3O/c24-23-27-14-21(25)22(28-23)29-18-8-3-5-15(12-18)11-17(13-26)20-10-4-7-16-6-1-2-9-19(16)20/h1-12,14H/b17-11-. The summed E-state index contributed by atoms with van der Waals surface area (Å²) >= 11 is 5.70. The monoisotopic (exact) mass is 401 g/mol. The summed E-state index contributed by atoms with van der Waals surface area (Å²) in [5.41, 5.74) is 2.08. The molecule has 0 saturated carbocycles. The SMILES string of the molecule is N#C/C(=C/c1cccc(Oc2nc(Cl)ncc2F)c1)c1cccc2ccccc12. The Labute approximate surface area is 171 Å². The van der Waals surface area contributed by atoms with E-state index >= 15 is 0 Å². The molecule has 4 nitrogen and oxygen atoms in total. The Bertz CT molecular complexity index is 1280. The van der Waals surface area contributed by atoms with Crippen LogP contribution in [0.1, 0.15) is 11.1 Å². The highest BCUT2D eigenvalue weighted by Crippen LogP contribution is 2.28. The van der Waals surface area contributed by atoms with Crippen LogP contribution in [0, 0.1) is 17.1 Å². The lowest BCUT2D eigenvalue weighted by Gasteiger charge is -2.08. The molecule has 6 heteroatoms. The zero-order valence-corrected chi connectivity index (χ0v) is 15.8. The lowest BCUT2D eigenvalue weighted by Crippen LogP contribution is -1.94. The normalized spacial score (nSPS) is 11.3. The maximum atomic E-state index is 13.8. The number of allylic oxidation sites excluding steroid dienone is 1. The van der Waals surface area contributed by atoms with Gasteiger partial charge in [-0.3, -0.25) is 0 Å². The third-order valence-corrected chi connectivity index (χ3v) is 4.45. The molecule has 1 heterocycles. The molecule has 0 saturated heterocycles. The average molecular weight is 402 g/mol. The Kier molecular flexibility index (Phi) is 5.19. The number of hydrogen-bond donors (Lipinski definition) is 0. The van der Waals surface area contributed by atoms with Gasteiger partial charge in [0, 0.05) is 5.56 Å². The van der Waals surface area contributed by atoms with Crippen molar-refractivity contribution in [2.75, 3.05) is 0 Å². The van der Waals surface area contributed by atoms with Gasteiger partial charge >= 0.3 is 0 Å². The first-order valence-corrected chi connectivity index (χ1v) is 9.08. The lowest BCUT2D eigenvalue weighted by molar-refractivity contribution is 0.420.